The minimum Gasteiger partial charge on any atom is -0.384 e. The van der Waals surface area contributed by atoms with Crippen LogP contribution >= 0.6 is 0 Å². The van der Waals surface area contributed by atoms with Crippen molar-refractivity contribution in [3.63, 3.8) is 0 Å². The Bertz CT molecular complexity index is 295. The van der Waals surface area contributed by atoms with Gasteiger partial charge in [0.2, 0.25) is 5.89 Å². The van der Waals surface area contributed by atoms with E-state index in [1.807, 2.05) is 0 Å². The van der Waals surface area contributed by atoms with Gasteiger partial charge >= 0.3 is 0 Å². The third kappa shape index (κ3) is 2.76. The average Bonchev–Trinajstić information content (AvgIpc) is 2.76. The molecule has 1 saturated heterocycles. The number of piperidine rings is 1. The second-order valence-electron chi connectivity index (χ2n) is 3.83. The molecule has 1 atom stereocenters. The van der Waals surface area contributed by atoms with Crippen molar-refractivity contribution < 1.29 is 9.26 Å². The predicted molar refractivity (Wildman–Crippen MR) is 54.7 cm³/mol. The highest BCUT2D eigenvalue weighted by Crippen LogP contribution is 2.21. The third-order valence-corrected chi connectivity index (χ3v) is 2.66. The second-order valence-corrected chi connectivity index (χ2v) is 3.83. The van der Waals surface area contributed by atoms with Gasteiger partial charge in [-0.3, -0.25) is 0 Å². The van der Waals surface area contributed by atoms with Crippen molar-refractivity contribution in [3.8, 4) is 0 Å². The Morgan fingerprint density at radius 1 is 1.60 bits per heavy atom. The van der Waals surface area contributed by atoms with Crippen molar-refractivity contribution in [2.75, 3.05) is 26.8 Å². The van der Waals surface area contributed by atoms with Crippen molar-refractivity contribution in [2.24, 2.45) is 0 Å². The Hall–Kier alpha value is -0.940. The van der Waals surface area contributed by atoms with Crippen LogP contribution in [-0.4, -0.2) is 36.9 Å². The van der Waals surface area contributed by atoms with E-state index in [0.717, 1.165) is 37.6 Å². The Morgan fingerprint density at radius 2 is 2.53 bits per heavy atom. The Morgan fingerprint density at radius 3 is 3.27 bits per heavy atom. The highest BCUT2D eigenvalue weighted by molar-refractivity contribution is 4.96. The molecule has 0 amide bonds. The van der Waals surface area contributed by atoms with Gasteiger partial charge in [0.25, 0.3) is 0 Å². The van der Waals surface area contributed by atoms with Crippen LogP contribution in [0.1, 0.15) is 30.5 Å². The zero-order chi connectivity index (χ0) is 10.5. The molecule has 1 aliphatic heterocycles. The first-order chi connectivity index (χ1) is 7.40. The first-order valence-electron chi connectivity index (χ1n) is 5.42. The van der Waals surface area contributed by atoms with Crippen LogP contribution in [0, 0.1) is 0 Å². The number of rotatable bonds is 4. The van der Waals surface area contributed by atoms with Crippen molar-refractivity contribution in [3.05, 3.63) is 11.7 Å². The van der Waals surface area contributed by atoms with Gasteiger partial charge in [0.15, 0.2) is 5.82 Å². The fourth-order valence-corrected chi connectivity index (χ4v) is 1.79. The van der Waals surface area contributed by atoms with Gasteiger partial charge in [0, 0.05) is 20.1 Å². The van der Waals surface area contributed by atoms with Crippen molar-refractivity contribution in [1.82, 2.24) is 15.5 Å². The van der Waals surface area contributed by atoms with E-state index in [1.54, 1.807) is 7.11 Å². The molecule has 84 valence electrons. The fraction of sp³-hybridized carbons (Fsp3) is 0.800. The monoisotopic (exact) mass is 211 g/mol. The number of nitrogens with zero attached hydrogens (tertiary/aromatic N) is 2. The van der Waals surface area contributed by atoms with Crippen LogP contribution in [0.3, 0.4) is 0 Å². The molecule has 1 unspecified atom stereocenters. The third-order valence-electron chi connectivity index (χ3n) is 2.66. The lowest BCUT2D eigenvalue weighted by molar-refractivity contribution is 0.199. The molecule has 0 bridgehead atoms. The van der Waals surface area contributed by atoms with Gasteiger partial charge in [-0.2, -0.15) is 4.98 Å². The highest BCUT2D eigenvalue weighted by Gasteiger charge is 2.20. The minimum atomic E-state index is 0.391. The highest BCUT2D eigenvalue weighted by atomic mass is 16.5. The topological polar surface area (TPSA) is 60.2 Å². The SMILES string of the molecule is COCCc1noc(C2CCCNC2)n1. The van der Waals surface area contributed by atoms with Gasteiger partial charge in [0.05, 0.1) is 12.5 Å². The molecule has 1 aliphatic rings. The summed E-state index contributed by atoms with van der Waals surface area (Å²) < 4.78 is 10.2. The normalized spacial score (nSPS) is 21.8. The van der Waals surface area contributed by atoms with Gasteiger partial charge in [0.1, 0.15) is 0 Å². The van der Waals surface area contributed by atoms with E-state index in [1.165, 1.54) is 6.42 Å². The van der Waals surface area contributed by atoms with E-state index >= 15 is 0 Å². The molecule has 15 heavy (non-hydrogen) atoms. The Kier molecular flexibility index (Phi) is 3.69. The zero-order valence-electron chi connectivity index (χ0n) is 9.03. The molecule has 1 N–H and O–H groups in total. The molecule has 1 fully saturated rings. The second kappa shape index (κ2) is 5.23. The maximum atomic E-state index is 5.24. The fourth-order valence-electron chi connectivity index (χ4n) is 1.79. The lowest BCUT2D eigenvalue weighted by atomic mass is 10.00. The zero-order valence-corrected chi connectivity index (χ0v) is 9.03. The molecular weight excluding hydrogens is 194 g/mol. The number of ether oxygens (including phenoxy) is 1. The molecule has 0 radical (unpaired) electrons. The average molecular weight is 211 g/mol. The summed E-state index contributed by atoms with van der Waals surface area (Å²) in [6.45, 7) is 2.69. The molecule has 2 rings (SSSR count). The van der Waals surface area contributed by atoms with E-state index in [-0.39, 0.29) is 0 Å². The van der Waals surface area contributed by atoms with Gasteiger partial charge in [-0.05, 0) is 19.4 Å². The standard InChI is InChI=1S/C10H17N3O2/c1-14-6-4-9-12-10(15-13-9)8-3-2-5-11-7-8/h8,11H,2-7H2,1H3. The summed E-state index contributed by atoms with van der Waals surface area (Å²) in [6.07, 6.45) is 3.04. The van der Waals surface area contributed by atoms with Crippen molar-refractivity contribution >= 4 is 0 Å². The molecular formula is C10H17N3O2. The quantitative estimate of drug-likeness (QED) is 0.795. The van der Waals surface area contributed by atoms with E-state index in [4.69, 9.17) is 9.26 Å². The summed E-state index contributed by atoms with van der Waals surface area (Å²) in [6, 6.07) is 0. The van der Waals surface area contributed by atoms with Crippen LogP contribution in [0.4, 0.5) is 0 Å². The number of methoxy groups -OCH3 is 1. The number of nitrogens with one attached hydrogen (secondary N) is 1. The van der Waals surface area contributed by atoms with E-state index in [0.29, 0.717) is 12.5 Å². The number of hydrogen-bond acceptors (Lipinski definition) is 5. The summed E-state index contributed by atoms with van der Waals surface area (Å²) in [5, 5.41) is 7.27. The van der Waals surface area contributed by atoms with Gasteiger partial charge in [-0.15, -0.1) is 0 Å². The smallest absolute Gasteiger partial charge is 0.231 e. The minimum absolute atomic E-state index is 0.391. The molecule has 0 saturated carbocycles. The van der Waals surface area contributed by atoms with Crippen LogP contribution in [0.2, 0.25) is 0 Å². The molecule has 1 aromatic rings. The largest absolute Gasteiger partial charge is 0.384 e. The van der Waals surface area contributed by atoms with Crippen LogP contribution in [0.25, 0.3) is 0 Å². The first-order valence-corrected chi connectivity index (χ1v) is 5.42. The number of hydrogen-bond donors (Lipinski definition) is 1. The summed E-state index contributed by atoms with van der Waals surface area (Å²) in [7, 11) is 1.67. The molecule has 0 aromatic carbocycles. The lowest BCUT2D eigenvalue weighted by Crippen LogP contribution is -2.28. The van der Waals surface area contributed by atoms with Gasteiger partial charge in [-0.1, -0.05) is 5.16 Å². The molecule has 0 spiro atoms. The molecule has 5 nitrogen and oxygen atoms in total. The molecule has 5 heteroatoms. The van der Waals surface area contributed by atoms with Crippen molar-refractivity contribution in [1.29, 1.82) is 0 Å². The molecule has 1 aromatic heterocycles. The summed E-state index contributed by atoms with van der Waals surface area (Å²) >= 11 is 0. The Labute approximate surface area is 89.2 Å². The maximum absolute atomic E-state index is 5.24. The summed E-state index contributed by atoms with van der Waals surface area (Å²) in [5.74, 6) is 1.91. The summed E-state index contributed by atoms with van der Waals surface area (Å²) in [5.41, 5.74) is 0. The van der Waals surface area contributed by atoms with Crippen LogP contribution in [0.15, 0.2) is 4.52 Å². The van der Waals surface area contributed by atoms with Gasteiger partial charge < -0.3 is 14.6 Å². The number of aromatic nitrogens is 2. The molecule has 2 heterocycles. The van der Waals surface area contributed by atoms with Crippen LogP contribution < -0.4 is 5.32 Å². The maximum Gasteiger partial charge on any atom is 0.231 e. The predicted octanol–water partition coefficient (Wildman–Crippen LogP) is 0.726. The van der Waals surface area contributed by atoms with E-state index in [9.17, 15) is 0 Å². The van der Waals surface area contributed by atoms with Gasteiger partial charge in [-0.25, -0.2) is 0 Å². The van der Waals surface area contributed by atoms with Crippen LogP contribution in [-0.2, 0) is 11.2 Å². The van der Waals surface area contributed by atoms with E-state index in [2.05, 4.69) is 15.5 Å². The van der Waals surface area contributed by atoms with E-state index < -0.39 is 0 Å². The Balaban J connectivity index is 1.93. The molecule has 0 aliphatic carbocycles. The first kappa shape index (κ1) is 10.6. The van der Waals surface area contributed by atoms with Crippen LogP contribution in [0.5, 0.6) is 0 Å². The van der Waals surface area contributed by atoms with Crippen molar-refractivity contribution in [2.45, 2.75) is 25.2 Å². The summed E-state index contributed by atoms with van der Waals surface area (Å²) in [4.78, 5) is 4.37. The lowest BCUT2D eigenvalue weighted by Gasteiger charge is -2.18.